The Hall–Kier alpha value is -3.43. The van der Waals surface area contributed by atoms with Crippen LogP contribution in [0.25, 0.3) is 10.4 Å². The number of hydrogen-bond acceptors (Lipinski definition) is 7. The number of halogens is 1. The predicted octanol–water partition coefficient (Wildman–Crippen LogP) is 2.38. The Morgan fingerprint density at radius 2 is 2.25 bits per heavy atom. The minimum absolute atomic E-state index is 0.201. The van der Waals surface area contributed by atoms with E-state index in [-0.39, 0.29) is 13.0 Å². The van der Waals surface area contributed by atoms with E-state index in [2.05, 4.69) is 15.0 Å². The first-order chi connectivity index (χ1) is 13.4. The van der Waals surface area contributed by atoms with Crippen LogP contribution in [0.3, 0.4) is 0 Å². The lowest BCUT2D eigenvalue weighted by Crippen LogP contribution is -2.38. The zero-order valence-corrected chi connectivity index (χ0v) is 14.9. The van der Waals surface area contributed by atoms with Crippen molar-refractivity contribution < 1.29 is 18.7 Å². The SMILES string of the molecule is C[C@H]1C[C@H](n2cc(F)c(N)nc2=O)O[C@@]1(COC(=O)c1ccccc1)N=[N+]=[N-]. The Labute approximate surface area is 158 Å². The predicted molar refractivity (Wildman–Crippen MR) is 95.4 cm³/mol. The molecule has 3 atom stereocenters. The van der Waals surface area contributed by atoms with Crippen molar-refractivity contribution in [3.63, 3.8) is 0 Å². The Kier molecular flexibility index (Phi) is 5.30. The number of rotatable bonds is 5. The molecule has 1 aliphatic rings. The molecule has 1 aromatic carbocycles. The van der Waals surface area contributed by atoms with Crippen molar-refractivity contribution in [1.29, 1.82) is 0 Å². The van der Waals surface area contributed by atoms with Crippen LogP contribution in [0.2, 0.25) is 0 Å². The minimum Gasteiger partial charge on any atom is -0.459 e. The van der Waals surface area contributed by atoms with Gasteiger partial charge in [-0.3, -0.25) is 4.57 Å². The summed E-state index contributed by atoms with van der Waals surface area (Å²) in [5, 5.41) is 3.67. The van der Waals surface area contributed by atoms with E-state index >= 15 is 0 Å². The van der Waals surface area contributed by atoms with Gasteiger partial charge in [0.2, 0.25) is 0 Å². The maximum atomic E-state index is 13.7. The summed E-state index contributed by atoms with van der Waals surface area (Å²) in [7, 11) is 0. The number of benzene rings is 1. The number of carbonyl (C=O) groups is 1. The standard InChI is InChI=1S/C17H17FN6O4/c1-10-7-13(24-8-12(18)14(19)21-16(24)26)28-17(10,22-23-20)9-27-15(25)11-5-3-2-4-6-11/h2-6,8,10,13H,7,9H2,1H3,(H2,19,21,26)/t10-,13+,17+/m0/s1. The van der Waals surface area contributed by atoms with Crippen LogP contribution in [-0.4, -0.2) is 27.9 Å². The van der Waals surface area contributed by atoms with Crippen molar-refractivity contribution >= 4 is 11.8 Å². The normalized spacial score (nSPS) is 23.8. The van der Waals surface area contributed by atoms with Gasteiger partial charge in [0, 0.05) is 4.91 Å². The first kappa shape index (κ1) is 19.3. The number of nitrogen functional groups attached to an aromatic ring is 1. The minimum atomic E-state index is -1.55. The summed E-state index contributed by atoms with van der Waals surface area (Å²) in [5.74, 6) is -2.47. The molecule has 0 bridgehead atoms. The molecule has 0 aliphatic carbocycles. The van der Waals surface area contributed by atoms with Gasteiger partial charge in [-0.05, 0) is 30.0 Å². The van der Waals surface area contributed by atoms with E-state index in [1.807, 2.05) is 0 Å². The van der Waals surface area contributed by atoms with Gasteiger partial charge < -0.3 is 15.2 Å². The van der Waals surface area contributed by atoms with Crippen molar-refractivity contribution in [2.75, 3.05) is 12.3 Å². The van der Waals surface area contributed by atoms with Gasteiger partial charge in [0.25, 0.3) is 0 Å². The lowest BCUT2D eigenvalue weighted by atomic mass is 9.98. The van der Waals surface area contributed by atoms with Crippen molar-refractivity contribution in [3.05, 3.63) is 68.8 Å². The largest absolute Gasteiger partial charge is 0.459 e. The highest BCUT2D eigenvalue weighted by molar-refractivity contribution is 5.89. The zero-order valence-electron chi connectivity index (χ0n) is 14.9. The molecule has 0 amide bonds. The number of aromatic nitrogens is 2. The quantitative estimate of drug-likeness (QED) is 0.360. The number of nitrogens with zero attached hydrogens (tertiary/aromatic N) is 5. The third-order valence-electron chi connectivity index (χ3n) is 4.54. The monoisotopic (exact) mass is 388 g/mol. The van der Waals surface area contributed by atoms with E-state index in [1.165, 1.54) is 0 Å². The molecule has 0 unspecified atom stereocenters. The molecule has 10 nitrogen and oxygen atoms in total. The fourth-order valence-electron chi connectivity index (χ4n) is 2.95. The van der Waals surface area contributed by atoms with E-state index in [0.717, 1.165) is 10.8 Å². The van der Waals surface area contributed by atoms with Crippen LogP contribution in [0.5, 0.6) is 0 Å². The van der Waals surface area contributed by atoms with Gasteiger partial charge in [-0.15, -0.1) is 0 Å². The number of nitrogens with two attached hydrogens (primary N) is 1. The van der Waals surface area contributed by atoms with Gasteiger partial charge in [0.05, 0.1) is 11.8 Å². The van der Waals surface area contributed by atoms with Crippen LogP contribution in [0, 0.1) is 11.7 Å². The summed E-state index contributed by atoms with van der Waals surface area (Å²) in [6.07, 6.45) is 0.114. The number of hydrogen-bond donors (Lipinski definition) is 1. The van der Waals surface area contributed by atoms with Crippen LogP contribution in [-0.2, 0) is 9.47 Å². The molecule has 2 N–H and O–H groups in total. The highest BCUT2D eigenvalue weighted by atomic mass is 19.1. The molecule has 0 saturated carbocycles. The lowest BCUT2D eigenvalue weighted by molar-refractivity contribution is -0.110. The number of azide groups is 1. The molecule has 2 heterocycles. The highest BCUT2D eigenvalue weighted by Crippen LogP contribution is 2.42. The molecule has 1 fully saturated rings. The summed E-state index contributed by atoms with van der Waals surface area (Å²) in [6, 6.07) is 8.26. The van der Waals surface area contributed by atoms with Crippen molar-refractivity contribution in [2.45, 2.75) is 25.3 Å². The summed E-state index contributed by atoms with van der Waals surface area (Å²) in [4.78, 5) is 30.4. The zero-order chi connectivity index (χ0) is 20.3. The molecular formula is C17H17FN6O4. The van der Waals surface area contributed by atoms with E-state index in [0.29, 0.717) is 5.56 Å². The molecule has 2 aromatic rings. The molecule has 1 aliphatic heterocycles. The van der Waals surface area contributed by atoms with E-state index in [9.17, 15) is 14.0 Å². The maximum absolute atomic E-state index is 13.7. The second-order valence-electron chi connectivity index (χ2n) is 6.35. The molecule has 11 heteroatoms. The second kappa shape index (κ2) is 7.67. The van der Waals surface area contributed by atoms with E-state index < -0.39 is 41.2 Å². The van der Waals surface area contributed by atoms with Crippen LogP contribution in [0.15, 0.2) is 46.4 Å². The van der Waals surface area contributed by atoms with Crippen LogP contribution in [0.4, 0.5) is 10.2 Å². The lowest BCUT2D eigenvalue weighted by Gasteiger charge is -2.27. The maximum Gasteiger partial charge on any atom is 0.351 e. The average molecular weight is 388 g/mol. The molecule has 0 radical (unpaired) electrons. The highest BCUT2D eigenvalue weighted by Gasteiger charge is 2.48. The topological polar surface area (TPSA) is 145 Å². The summed E-state index contributed by atoms with van der Waals surface area (Å²) in [6.45, 7) is 1.33. The van der Waals surface area contributed by atoms with Gasteiger partial charge >= 0.3 is 11.7 Å². The number of carbonyl (C=O) groups excluding carboxylic acids is 1. The Morgan fingerprint density at radius 3 is 2.93 bits per heavy atom. The first-order valence-corrected chi connectivity index (χ1v) is 8.36. The van der Waals surface area contributed by atoms with Gasteiger partial charge in [0.15, 0.2) is 17.4 Å². The Bertz CT molecular complexity index is 991. The van der Waals surface area contributed by atoms with E-state index in [4.69, 9.17) is 20.7 Å². The molecule has 3 rings (SSSR count). The fraction of sp³-hybridized carbons (Fsp3) is 0.353. The molecular weight excluding hydrogens is 371 g/mol. The summed E-state index contributed by atoms with van der Waals surface area (Å²) < 4.78 is 25.7. The third kappa shape index (κ3) is 3.66. The summed E-state index contributed by atoms with van der Waals surface area (Å²) in [5.41, 5.74) is 12.2. The van der Waals surface area contributed by atoms with Crippen molar-refractivity contribution in [1.82, 2.24) is 9.55 Å². The molecule has 0 spiro atoms. The smallest absolute Gasteiger partial charge is 0.351 e. The van der Waals surface area contributed by atoms with Gasteiger partial charge in [0.1, 0.15) is 12.8 Å². The van der Waals surface area contributed by atoms with Gasteiger partial charge in [-0.1, -0.05) is 30.2 Å². The molecule has 28 heavy (non-hydrogen) atoms. The first-order valence-electron chi connectivity index (χ1n) is 8.36. The van der Waals surface area contributed by atoms with Crippen molar-refractivity contribution in [2.24, 2.45) is 11.0 Å². The van der Waals surface area contributed by atoms with Crippen LogP contribution >= 0.6 is 0 Å². The third-order valence-corrected chi connectivity index (χ3v) is 4.54. The Balaban J connectivity index is 1.83. The number of esters is 1. The van der Waals surface area contributed by atoms with Gasteiger partial charge in [-0.2, -0.15) is 4.98 Å². The van der Waals surface area contributed by atoms with Crippen LogP contribution < -0.4 is 11.4 Å². The van der Waals surface area contributed by atoms with Crippen molar-refractivity contribution in [3.8, 4) is 0 Å². The molecule has 146 valence electrons. The van der Waals surface area contributed by atoms with E-state index in [1.54, 1.807) is 37.3 Å². The number of anilines is 1. The average Bonchev–Trinajstić information content (AvgIpc) is 3.00. The summed E-state index contributed by atoms with van der Waals surface area (Å²) >= 11 is 0. The van der Waals surface area contributed by atoms with Gasteiger partial charge in [-0.25, -0.2) is 14.0 Å². The van der Waals surface area contributed by atoms with Crippen LogP contribution in [0.1, 0.15) is 29.9 Å². The number of ether oxygens (including phenoxy) is 2. The molecule has 1 saturated heterocycles. The second-order valence-corrected chi connectivity index (χ2v) is 6.35. The fourth-order valence-corrected chi connectivity index (χ4v) is 2.95. The Morgan fingerprint density at radius 1 is 1.54 bits per heavy atom. The molecule has 1 aromatic heterocycles.